The third kappa shape index (κ3) is 2.02. The van der Waals surface area contributed by atoms with E-state index in [1.54, 1.807) is 24.4 Å². The van der Waals surface area contributed by atoms with Gasteiger partial charge in [0.05, 0.1) is 11.2 Å². The van der Waals surface area contributed by atoms with Crippen molar-refractivity contribution in [3.05, 3.63) is 66.6 Å². The van der Waals surface area contributed by atoms with Crippen molar-refractivity contribution < 1.29 is 4.39 Å². The van der Waals surface area contributed by atoms with Gasteiger partial charge in [-0.05, 0) is 36.4 Å². The van der Waals surface area contributed by atoms with Gasteiger partial charge in [-0.3, -0.25) is 4.98 Å². The van der Waals surface area contributed by atoms with Crippen LogP contribution in [0, 0.1) is 5.82 Å². The van der Waals surface area contributed by atoms with E-state index in [-0.39, 0.29) is 5.82 Å². The van der Waals surface area contributed by atoms with Gasteiger partial charge in [0.25, 0.3) is 0 Å². The molecule has 0 spiro atoms. The summed E-state index contributed by atoms with van der Waals surface area (Å²) < 4.78 is 13.5. The number of rotatable bonds is 2. The number of nitrogens with zero attached hydrogens (tertiary/aromatic N) is 1. The second-order valence-corrected chi connectivity index (χ2v) is 4.02. The minimum atomic E-state index is -0.260. The first-order valence-electron chi connectivity index (χ1n) is 5.69. The Morgan fingerprint density at radius 1 is 0.944 bits per heavy atom. The molecule has 2 nitrogen and oxygen atoms in total. The second kappa shape index (κ2) is 4.45. The first kappa shape index (κ1) is 10.7. The summed E-state index contributed by atoms with van der Waals surface area (Å²) in [7, 11) is 0. The van der Waals surface area contributed by atoms with E-state index >= 15 is 0 Å². The van der Waals surface area contributed by atoms with Crippen LogP contribution in [0.5, 0.6) is 0 Å². The van der Waals surface area contributed by atoms with E-state index in [0.29, 0.717) is 5.69 Å². The molecule has 0 radical (unpaired) electrons. The summed E-state index contributed by atoms with van der Waals surface area (Å²) >= 11 is 0. The molecule has 88 valence electrons. The molecule has 0 atom stereocenters. The monoisotopic (exact) mass is 238 g/mol. The molecule has 0 amide bonds. The first-order chi connectivity index (χ1) is 8.83. The number of benzene rings is 2. The number of hydrogen-bond acceptors (Lipinski definition) is 2. The van der Waals surface area contributed by atoms with Gasteiger partial charge >= 0.3 is 0 Å². The van der Waals surface area contributed by atoms with Crippen molar-refractivity contribution in [1.29, 1.82) is 0 Å². The lowest BCUT2D eigenvalue weighted by molar-refractivity contribution is 0.632. The van der Waals surface area contributed by atoms with E-state index in [9.17, 15) is 4.39 Å². The van der Waals surface area contributed by atoms with Crippen molar-refractivity contribution in [2.24, 2.45) is 0 Å². The number of fused-ring (bicyclic) bond motifs is 1. The maximum Gasteiger partial charge on any atom is 0.146 e. The molecular weight excluding hydrogens is 227 g/mol. The Balaban J connectivity index is 1.98. The van der Waals surface area contributed by atoms with Crippen LogP contribution in [0.3, 0.4) is 0 Å². The summed E-state index contributed by atoms with van der Waals surface area (Å²) in [6, 6.07) is 16.2. The fraction of sp³-hybridized carbons (Fsp3) is 0. The van der Waals surface area contributed by atoms with Gasteiger partial charge in [0.1, 0.15) is 5.82 Å². The van der Waals surface area contributed by atoms with E-state index in [2.05, 4.69) is 10.3 Å². The fourth-order valence-electron chi connectivity index (χ4n) is 1.87. The van der Waals surface area contributed by atoms with Crippen LogP contribution in [0.4, 0.5) is 15.8 Å². The predicted molar refractivity (Wildman–Crippen MR) is 71.4 cm³/mol. The maximum absolute atomic E-state index is 13.5. The molecule has 0 aliphatic rings. The number of para-hydroxylation sites is 1. The van der Waals surface area contributed by atoms with Crippen LogP contribution in [-0.4, -0.2) is 4.98 Å². The van der Waals surface area contributed by atoms with Crippen LogP contribution >= 0.6 is 0 Å². The van der Waals surface area contributed by atoms with Gasteiger partial charge in [-0.15, -0.1) is 0 Å². The molecule has 2 aromatic carbocycles. The zero-order chi connectivity index (χ0) is 12.4. The first-order valence-corrected chi connectivity index (χ1v) is 5.69. The van der Waals surface area contributed by atoms with Crippen molar-refractivity contribution in [1.82, 2.24) is 4.98 Å². The molecule has 0 bridgehead atoms. The lowest BCUT2D eigenvalue weighted by Gasteiger charge is -2.08. The number of anilines is 2. The minimum absolute atomic E-state index is 0.260. The molecule has 0 saturated heterocycles. The minimum Gasteiger partial charge on any atom is -0.353 e. The van der Waals surface area contributed by atoms with Crippen molar-refractivity contribution in [2.75, 3.05) is 5.32 Å². The molecular formula is C15H11FN2. The third-order valence-corrected chi connectivity index (χ3v) is 2.76. The van der Waals surface area contributed by atoms with Crippen molar-refractivity contribution >= 4 is 22.3 Å². The molecule has 0 saturated carbocycles. The second-order valence-electron chi connectivity index (χ2n) is 4.02. The number of aromatic nitrogens is 1. The van der Waals surface area contributed by atoms with Crippen molar-refractivity contribution in [2.45, 2.75) is 0 Å². The van der Waals surface area contributed by atoms with E-state index in [1.807, 2.05) is 30.3 Å². The van der Waals surface area contributed by atoms with Gasteiger partial charge < -0.3 is 5.32 Å². The SMILES string of the molecule is Fc1ccccc1Nc1ccc2ncccc2c1. The van der Waals surface area contributed by atoms with E-state index < -0.39 is 0 Å². The van der Waals surface area contributed by atoms with E-state index in [4.69, 9.17) is 0 Å². The zero-order valence-corrected chi connectivity index (χ0v) is 9.60. The molecule has 0 fully saturated rings. The molecule has 1 aromatic heterocycles. The normalized spacial score (nSPS) is 10.5. The van der Waals surface area contributed by atoms with Gasteiger partial charge in [0.15, 0.2) is 0 Å². The molecule has 0 aliphatic carbocycles. The van der Waals surface area contributed by atoms with E-state index in [1.165, 1.54) is 6.07 Å². The lowest BCUT2D eigenvalue weighted by Crippen LogP contribution is -1.93. The van der Waals surface area contributed by atoms with Crippen LogP contribution in [0.2, 0.25) is 0 Å². The molecule has 1 N–H and O–H groups in total. The largest absolute Gasteiger partial charge is 0.353 e. The molecule has 3 heteroatoms. The highest BCUT2D eigenvalue weighted by Crippen LogP contribution is 2.22. The van der Waals surface area contributed by atoms with Crippen LogP contribution in [-0.2, 0) is 0 Å². The molecule has 1 heterocycles. The molecule has 3 aromatic rings. The zero-order valence-electron chi connectivity index (χ0n) is 9.60. The van der Waals surface area contributed by atoms with Crippen LogP contribution in [0.15, 0.2) is 60.8 Å². The molecule has 0 unspecified atom stereocenters. The Morgan fingerprint density at radius 2 is 1.83 bits per heavy atom. The lowest BCUT2D eigenvalue weighted by atomic mass is 10.2. The van der Waals surface area contributed by atoms with Gasteiger partial charge in [0, 0.05) is 17.3 Å². The fourth-order valence-corrected chi connectivity index (χ4v) is 1.87. The maximum atomic E-state index is 13.5. The summed E-state index contributed by atoms with van der Waals surface area (Å²) in [4.78, 5) is 4.25. The van der Waals surface area contributed by atoms with Crippen molar-refractivity contribution in [3.63, 3.8) is 0 Å². The third-order valence-electron chi connectivity index (χ3n) is 2.76. The standard InChI is InChI=1S/C15H11FN2/c16-13-5-1-2-6-15(13)18-12-7-8-14-11(10-12)4-3-9-17-14/h1-10,18H. The smallest absolute Gasteiger partial charge is 0.146 e. The van der Waals surface area contributed by atoms with Crippen LogP contribution < -0.4 is 5.32 Å². The average molecular weight is 238 g/mol. The number of nitrogens with one attached hydrogen (secondary N) is 1. The van der Waals surface area contributed by atoms with E-state index in [0.717, 1.165) is 16.6 Å². The summed E-state index contributed by atoms with van der Waals surface area (Å²) in [6.45, 7) is 0. The van der Waals surface area contributed by atoms with Crippen LogP contribution in [0.1, 0.15) is 0 Å². The number of hydrogen-bond donors (Lipinski definition) is 1. The Hall–Kier alpha value is -2.42. The molecule has 0 aliphatic heterocycles. The summed E-state index contributed by atoms with van der Waals surface area (Å²) in [6.07, 6.45) is 1.76. The highest BCUT2D eigenvalue weighted by Gasteiger charge is 2.01. The molecule has 18 heavy (non-hydrogen) atoms. The Morgan fingerprint density at radius 3 is 2.72 bits per heavy atom. The summed E-state index contributed by atoms with van der Waals surface area (Å²) in [5.41, 5.74) is 2.25. The quantitative estimate of drug-likeness (QED) is 0.726. The molecule has 3 rings (SSSR count). The van der Waals surface area contributed by atoms with Crippen molar-refractivity contribution in [3.8, 4) is 0 Å². The van der Waals surface area contributed by atoms with Gasteiger partial charge in [0.2, 0.25) is 0 Å². The predicted octanol–water partition coefficient (Wildman–Crippen LogP) is 4.12. The highest BCUT2D eigenvalue weighted by atomic mass is 19.1. The Labute approximate surface area is 104 Å². The summed E-state index contributed by atoms with van der Waals surface area (Å²) in [5, 5.41) is 4.09. The number of halogens is 1. The van der Waals surface area contributed by atoms with Gasteiger partial charge in [-0.1, -0.05) is 18.2 Å². The summed E-state index contributed by atoms with van der Waals surface area (Å²) in [5.74, 6) is -0.260. The van der Waals surface area contributed by atoms with Gasteiger partial charge in [-0.2, -0.15) is 0 Å². The Bertz CT molecular complexity index is 695. The average Bonchev–Trinajstić information content (AvgIpc) is 2.41. The highest BCUT2D eigenvalue weighted by molar-refractivity contribution is 5.83. The van der Waals surface area contributed by atoms with Crippen LogP contribution in [0.25, 0.3) is 10.9 Å². The Kier molecular flexibility index (Phi) is 2.65. The topological polar surface area (TPSA) is 24.9 Å². The van der Waals surface area contributed by atoms with Gasteiger partial charge in [-0.25, -0.2) is 4.39 Å². The number of pyridine rings is 1.